The van der Waals surface area contributed by atoms with Crippen LogP contribution in [0.5, 0.6) is 0 Å². The summed E-state index contributed by atoms with van der Waals surface area (Å²) in [7, 11) is -3.88. The fourth-order valence-corrected chi connectivity index (χ4v) is 8.08. The predicted octanol–water partition coefficient (Wildman–Crippen LogP) is 4.44. The highest BCUT2D eigenvalue weighted by molar-refractivity contribution is 7.92. The summed E-state index contributed by atoms with van der Waals surface area (Å²) in [6.45, 7) is 6.22. The van der Waals surface area contributed by atoms with Gasteiger partial charge < -0.3 is 30.5 Å². The normalized spacial score (nSPS) is 15.9. The molecule has 1 fully saturated rings. The molecule has 3 rings (SSSR count). The Morgan fingerprint density at radius 2 is 1.65 bits per heavy atom. The first kappa shape index (κ1) is 39.3. The van der Waals surface area contributed by atoms with Crippen molar-refractivity contribution in [3.05, 3.63) is 70.8 Å². The van der Waals surface area contributed by atoms with Crippen LogP contribution in [0.3, 0.4) is 0 Å². The Labute approximate surface area is 283 Å². The number of ether oxygens (including phenoxy) is 2. The maximum Gasteiger partial charge on any atom is 0.408 e. The maximum atomic E-state index is 14.4. The maximum absolute atomic E-state index is 14.4. The summed E-state index contributed by atoms with van der Waals surface area (Å²) < 4.78 is 66.0. The molecule has 0 spiro atoms. The van der Waals surface area contributed by atoms with Gasteiger partial charge in [0.25, 0.3) is 0 Å². The molecule has 13 heteroatoms. The molecule has 1 heterocycles. The highest BCUT2D eigenvalue weighted by Gasteiger charge is 2.36. The lowest BCUT2D eigenvalue weighted by Gasteiger charge is -2.32. The third-order valence-electron chi connectivity index (χ3n) is 8.54. The molecule has 268 valence electrons. The van der Waals surface area contributed by atoms with E-state index in [1.165, 1.54) is 4.90 Å². The van der Waals surface area contributed by atoms with Crippen molar-refractivity contribution in [1.82, 2.24) is 10.2 Å². The molecule has 0 saturated carbocycles. The Balaban J connectivity index is 1.93. The zero-order valence-corrected chi connectivity index (χ0v) is 29.0. The van der Waals surface area contributed by atoms with Crippen molar-refractivity contribution < 1.29 is 41.4 Å². The summed E-state index contributed by atoms with van der Waals surface area (Å²) in [6, 6.07) is 7.89. The van der Waals surface area contributed by atoms with Gasteiger partial charge in [0, 0.05) is 38.0 Å². The number of nitrogens with one attached hydrogen (secondary N) is 1. The Hall–Kier alpha value is -3.13. The number of halogens is 2. The molecule has 48 heavy (non-hydrogen) atoms. The summed E-state index contributed by atoms with van der Waals surface area (Å²) in [5.74, 6) is -2.97. The third kappa shape index (κ3) is 12.4. The minimum absolute atomic E-state index is 0.0222. The average Bonchev–Trinajstić information content (AvgIpc) is 3.03. The van der Waals surface area contributed by atoms with Gasteiger partial charge in [-0.2, -0.15) is 0 Å². The fraction of sp³-hybridized carbons (Fsp3) is 0.600. The molecular weight excluding hydrogens is 644 g/mol. The summed E-state index contributed by atoms with van der Waals surface area (Å²) in [5, 5.41) is 13.0. The molecule has 10 nitrogen and oxygen atoms in total. The fourth-order valence-electron chi connectivity index (χ4n) is 5.93. The zero-order chi connectivity index (χ0) is 35.3. The van der Waals surface area contributed by atoms with Crippen LogP contribution >= 0.6 is 0 Å². The Morgan fingerprint density at radius 3 is 2.25 bits per heavy atom. The van der Waals surface area contributed by atoms with Gasteiger partial charge in [-0.1, -0.05) is 57.9 Å². The molecule has 2 aromatic rings. The molecule has 3 atom stereocenters. The second kappa shape index (κ2) is 19.2. The molecular formula is C35H51F2N3O7S. The second-order valence-corrected chi connectivity index (χ2v) is 14.9. The number of aliphatic hydroxyl groups is 1. The van der Waals surface area contributed by atoms with Gasteiger partial charge in [0.05, 0.1) is 30.3 Å². The highest BCUT2D eigenvalue weighted by Crippen LogP contribution is 2.20. The van der Waals surface area contributed by atoms with Crippen LogP contribution in [0.1, 0.15) is 76.0 Å². The topological polar surface area (TPSA) is 148 Å². The average molecular weight is 696 g/mol. The number of alkyl carbamates (subject to hydrolysis) is 1. The van der Waals surface area contributed by atoms with E-state index < -0.39 is 68.8 Å². The van der Waals surface area contributed by atoms with Crippen LogP contribution in [0.2, 0.25) is 0 Å². The zero-order valence-electron chi connectivity index (χ0n) is 28.2. The molecule has 0 bridgehead atoms. The van der Waals surface area contributed by atoms with Crippen molar-refractivity contribution in [2.75, 3.05) is 25.5 Å². The van der Waals surface area contributed by atoms with E-state index in [0.29, 0.717) is 51.7 Å². The van der Waals surface area contributed by atoms with Crippen LogP contribution in [0.15, 0.2) is 42.5 Å². The SMILES string of the molecule is CCCC(CCC)S(=O)(=O)CC(NC(=O)OC1CCOCC1)C(=O)N(Cc1cccc(CC)c1)C[C@@H](O)[C@@H](N)Cc1cc(F)cc(F)c1. The number of benzene rings is 2. The van der Waals surface area contributed by atoms with Gasteiger partial charge in [-0.15, -0.1) is 0 Å². The van der Waals surface area contributed by atoms with Gasteiger partial charge in [-0.05, 0) is 54.5 Å². The van der Waals surface area contributed by atoms with Crippen LogP contribution in [-0.2, 0) is 43.5 Å². The van der Waals surface area contributed by atoms with Crippen molar-refractivity contribution >= 4 is 21.8 Å². The number of hydrogen-bond acceptors (Lipinski definition) is 8. The van der Waals surface area contributed by atoms with Gasteiger partial charge >= 0.3 is 6.09 Å². The Bertz CT molecular complexity index is 1410. The first-order valence-electron chi connectivity index (χ1n) is 16.9. The molecule has 1 saturated heterocycles. The molecule has 1 unspecified atom stereocenters. The summed E-state index contributed by atoms with van der Waals surface area (Å²) >= 11 is 0. The van der Waals surface area contributed by atoms with Gasteiger partial charge in [0.15, 0.2) is 9.84 Å². The van der Waals surface area contributed by atoms with Crippen LogP contribution in [-0.4, -0.2) is 85.5 Å². The van der Waals surface area contributed by atoms with E-state index in [1.807, 2.05) is 39.0 Å². The van der Waals surface area contributed by atoms with E-state index in [-0.39, 0.29) is 25.1 Å². The van der Waals surface area contributed by atoms with Crippen molar-refractivity contribution in [3.63, 3.8) is 0 Å². The van der Waals surface area contributed by atoms with Gasteiger partial charge in [0.1, 0.15) is 23.8 Å². The number of aryl methyl sites for hydroxylation is 1. The molecule has 0 aromatic heterocycles. The predicted molar refractivity (Wildman–Crippen MR) is 180 cm³/mol. The quantitative estimate of drug-likeness (QED) is 0.207. The third-order valence-corrected chi connectivity index (χ3v) is 10.8. The van der Waals surface area contributed by atoms with Crippen LogP contribution < -0.4 is 11.1 Å². The van der Waals surface area contributed by atoms with Crippen LogP contribution in [0.25, 0.3) is 0 Å². The Morgan fingerprint density at radius 1 is 1.02 bits per heavy atom. The number of nitrogens with two attached hydrogens (primary N) is 1. The number of rotatable bonds is 18. The van der Waals surface area contributed by atoms with E-state index in [9.17, 15) is 31.9 Å². The monoisotopic (exact) mass is 695 g/mol. The molecule has 0 radical (unpaired) electrons. The van der Waals surface area contributed by atoms with E-state index in [4.69, 9.17) is 15.2 Å². The van der Waals surface area contributed by atoms with Crippen molar-refractivity contribution in [1.29, 1.82) is 0 Å². The first-order valence-corrected chi connectivity index (χ1v) is 18.6. The second-order valence-electron chi connectivity index (χ2n) is 12.5. The van der Waals surface area contributed by atoms with Gasteiger partial charge in [-0.25, -0.2) is 22.0 Å². The minimum atomic E-state index is -3.88. The Kier molecular flexibility index (Phi) is 15.7. The lowest BCUT2D eigenvalue weighted by atomic mass is 10.0. The number of carbonyl (C=O) groups is 2. The molecule has 0 aliphatic carbocycles. The van der Waals surface area contributed by atoms with E-state index in [0.717, 1.165) is 35.7 Å². The summed E-state index contributed by atoms with van der Waals surface area (Å²) in [4.78, 5) is 28.8. The summed E-state index contributed by atoms with van der Waals surface area (Å²) in [6.07, 6.45) is 0.919. The molecule has 1 aliphatic heterocycles. The van der Waals surface area contributed by atoms with Crippen LogP contribution in [0, 0.1) is 11.6 Å². The highest BCUT2D eigenvalue weighted by atomic mass is 32.2. The number of sulfone groups is 1. The van der Waals surface area contributed by atoms with Gasteiger partial charge in [-0.3, -0.25) is 4.79 Å². The van der Waals surface area contributed by atoms with E-state index in [1.54, 1.807) is 6.07 Å². The number of carbonyl (C=O) groups excluding carboxylic acids is 2. The number of amides is 2. The lowest BCUT2D eigenvalue weighted by molar-refractivity contribution is -0.135. The van der Waals surface area contributed by atoms with Gasteiger partial charge in [0.2, 0.25) is 5.91 Å². The van der Waals surface area contributed by atoms with Crippen LogP contribution in [0.4, 0.5) is 13.6 Å². The molecule has 2 amide bonds. The summed E-state index contributed by atoms with van der Waals surface area (Å²) in [5.41, 5.74) is 8.23. The van der Waals surface area contributed by atoms with E-state index in [2.05, 4.69) is 5.32 Å². The number of aliphatic hydroxyl groups excluding tert-OH is 1. The largest absolute Gasteiger partial charge is 0.446 e. The first-order chi connectivity index (χ1) is 22.8. The minimum Gasteiger partial charge on any atom is -0.446 e. The standard InChI is InChI=1S/C35H51F2N3O7S/c1-4-8-30(9-5-2)48(44,45)23-32(39-35(43)47-29-12-14-46-15-13-29)34(42)40(21-25-11-7-10-24(6-3)16-25)22-33(41)31(38)19-26-17-27(36)20-28(37)18-26/h7,10-11,16-18,20,29-33,41H,4-6,8-9,12-15,19,21-23,38H2,1-3H3,(H,39,43)/t31-,32?,33+/m0/s1. The van der Waals surface area contributed by atoms with Crippen molar-refractivity contribution in [3.8, 4) is 0 Å². The number of hydrogen-bond donors (Lipinski definition) is 3. The van der Waals surface area contributed by atoms with Crippen molar-refractivity contribution in [2.45, 2.75) is 108 Å². The molecule has 2 aromatic carbocycles. The molecule has 1 aliphatic rings. The molecule has 4 N–H and O–H groups in total. The van der Waals surface area contributed by atoms with Crippen molar-refractivity contribution in [2.24, 2.45) is 5.73 Å². The number of nitrogens with zero attached hydrogens (tertiary/aromatic N) is 1. The van der Waals surface area contributed by atoms with E-state index >= 15 is 0 Å². The smallest absolute Gasteiger partial charge is 0.408 e. The lowest BCUT2D eigenvalue weighted by Crippen LogP contribution is -2.55.